The molecule has 2 aromatic rings. The Bertz CT molecular complexity index is 512. The van der Waals surface area contributed by atoms with Crippen LogP contribution >= 0.6 is 0 Å². The van der Waals surface area contributed by atoms with Crippen molar-refractivity contribution < 1.29 is 4.68 Å². The topological polar surface area (TPSA) is 53.7 Å². The van der Waals surface area contributed by atoms with Crippen LogP contribution in [0, 0.1) is 11.3 Å². The lowest BCUT2D eigenvalue weighted by Gasteiger charge is -2.00. The van der Waals surface area contributed by atoms with Crippen LogP contribution in [0.25, 0.3) is 11.1 Å². The van der Waals surface area contributed by atoms with Crippen LogP contribution in [0.2, 0.25) is 0 Å². The molecule has 1 aromatic heterocycles. The molecule has 0 aliphatic rings. The van der Waals surface area contributed by atoms with E-state index in [1.54, 1.807) is 12.4 Å². The van der Waals surface area contributed by atoms with Gasteiger partial charge in [-0.25, -0.2) is 5.84 Å². The minimum absolute atomic E-state index is 0.575. The second-order valence-electron chi connectivity index (χ2n) is 3.20. The Hall–Kier alpha value is -2.34. The van der Waals surface area contributed by atoms with Crippen LogP contribution in [-0.2, 0) is 0 Å². The van der Waals surface area contributed by atoms with Crippen molar-refractivity contribution >= 4 is 0 Å². The summed E-state index contributed by atoms with van der Waals surface area (Å²) in [7, 11) is 0. The first kappa shape index (κ1) is 9.22. The lowest BCUT2D eigenvalue weighted by molar-refractivity contribution is -0.638. The summed E-state index contributed by atoms with van der Waals surface area (Å²) in [6.07, 6.45) is 3.34. The van der Waals surface area contributed by atoms with Crippen LogP contribution in [0.1, 0.15) is 5.56 Å². The first-order valence-corrected chi connectivity index (χ1v) is 4.57. The van der Waals surface area contributed by atoms with Gasteiger partial charge in [0.2, 0.25) is 6.20 Å². The summed E-state index contributed by atoms with van der Waals surface area (Å²) in [5, 5.41) is 8.99. The van der Waals surface area contributed by atoms with E-state index < -0.39 is 0 Å². The van der Waals surface area contributed by atoms with Crippen molar-refractivity contribution in [3.05, 3.63) is 54.4 Å². The van der Waals surface area contributed by atoms with Gasteiger partial charge < -0.3 is 0 Å². The minimum Gasteiger partial charge on any atom is -0.205 e. The second kappa shape index (κ2) is 3.81. The summed E-state index contributed by atoms with van der Waals surface area (Å²) in [6, 6.07) is 13.7. The number of nitrogens with zero attached hydrogens (tertiary/aromatic N) is 2. The van der Waals surface area contributed by atoms with E-state index >= 15 is 0 Å². The van der Waals surface area contributed by atoms with E-state index in [9.17, 15) is 0 Å². The van der Waals surface area contributed by atoms with Crippen LogP contribution < -0.4 is 10.5 Å². The fourth-order valence-electron chi connectivity index (χ4n) is 1.47. The third-order valence-corrected chi connectivity index (χ3v) is 2.19. The molecule has 1 heterocycles. The van der Waals surface area contributed by atoms with Crippen molar-refractivity contribution in [2.75, 3.05) is 5.84 Å². The van der Waals surface area contributed by atoms with Crippen LogP contribution in [0.3, 0.4) is 0 Å². The van der Waals surface area contributed by atoms with Crippen molar-refractivity contribution in [1.29, 1.82) is 5.26 Å². The molecule has 0 radical (unpaired) electrons. The largest absolute Gasteiger partial charge is 0.217 e. The average Bonchev–Trinajstić information content (AvgIpc) is 2.30. The molecule has 0 spiro atoms. The van der Waals surface area contributed by atoms with Crippen molar-refractivity contribution in [1.82, 2.24) is 0 Å². The van der Waals surface area contributed by atoms with E-state index in [1.807, 2.05) is 36.4 Å². The van der Waals surface area contributed by atoms with Gasteiger partial charge in [0, 0.05) is 11.6 Å². The highest BCUT2D eigenvalue weighted by atomic mass is 15.3. The Morgan fingerprint density at radius 3 is 2.53 bits per heavy atom. The highest BCUT2D eigenvalue weighted by Gasteiger charge is 2.08. The van der Waals surface area contributed by atoms with Crippen LogP contribution in [-0.4, -0.2) is 0 Å². The molecule has 3 heteroatoms. The van der Waals surface area contributed by atoms with Crippen molar-refractivity contribution in [2.24, 2.45) is 0 Å². The third kappa shape index (κ3) is 1.79. The molecule has 0 saturated heterocycles. The number of nitrogens with two attached hydrogens (primary N) is 1. The Kier molecular flexibility index (Phi) is 2.34. The van der Waals surface area contributed by atoms with E-state index in [0.717, 1.165) is 11.1 Å². The van der Waals surface area contributed by atoms with Gasteiger partial charge in [-0.3, -0.25) is 0 Å². The standard InChI is InChI=1S/C12H10N3/c13-8-11-9-15(14)7-6-12(11)10-4-2-1-3-5-10/h1-7,9H,14H2/q+1. The highest BCUT2D eigenvalue weighted by molar-refractivity contribution is 5.68. The summed E-state index contributed by atoms with van der Waals surface area (Å²) in [6.45, 7) is 0. The SMILES string of the molecule is N#Cc1c[n+](N)ccc1-c1ccccc1. The number of hydrogen-bond donors (Lipinski definition) is 1. The van der Waals surface area contributed by atoms with E-state index in [1.165, 1.54) is 4.68 Å². The molecule has 72 valence electrons. The lowest BCUT2D eigenvalue weighted by Crippen LogP contribution is -2.43. The maximum absolute atomic E-state index is 8.99. The van der Waals surface area contributed by atoms with Crippen molar-refractivity contribution in [3.63, 3.8) is 0 Å². The fraction of sp³-hybridized carbons (Fsp3) is 0. The Balaban J connectivity index is 2.60. The summed E-state index contributed by atoms with van der Waals surface area (Å²) in [5.41, 5.74) is 2.50. The molecule has 0 aliphatic heterocycles. The number of nitriles is 1. The van der Waals surface area contributed by atoms with E-state index in [2.05, 4.69) is 6.07 Å². The molecule has 0 amide bonds. The fourth-order valence-corrected chi connectivity index (χ4v) is 1.47. The summed E-state index contributed by atoms with van der Waals surface area (Å²) >= 11 is 0. The predicted octanol–water partition coefficient (Wildman–Crippen LogP) is 1.23. The zero-order valence-electron chi connectivity index (χ0n) is 8.09. The predicted molar refractivity (Wildman–Crippen MR) is 56.9 cm³/mol. The normalized spacial score (nSPS) is 9.53. The first-order chi connectivity index (χ1) is 7.31. The number of aromatic nitrogens is 1. The van der Waals surface area contributed by atoms with Gasteiger partial charge in [0.25, 0.3) is 0 Å². The highest BCUT2D eigenvalue weighted by Crippen LogP contribution is 2.20. The number of benzene rings is 1. The Labute approximate surface area is 88.0 Å². The van der Waals surface area contributed by atoms with Gasteiger partial charge in [0.15, 0.2) is 6.20 Å². The van der Waals surface area contributed by atoms with E-state index in [-0.39, 0.29) is 0 Å². The molecule has 15 heavy (non-hydrogen) atoms. The molecule has 1 aromatic carbocycles. The summed E-state index contributed by atoms with van der Waals surface area (Å²) in [5.74, 6) is 5.55. The van der Waals surface area contributed by atoms with Gasteiger partial charge in [-0.1, -0.05) is 35.0 Å². The summed E-state index contributed by atoms with van der Waals surface area (Å²) < 4.78 is 1.38. The zero-order valence-corrected chi connectivity index (χ0v) is 8.09. The molecule has 0 fully saturated rings. The van der Waals surface area contributed by atoms with E-state index in [4.69, 9.17) is 11.1 Å². The number of nitrogen functional groups attached to an aromatic ring is 1. The summed E-state index contributed by atoms with van der Waals surface area (Å²) in [4.78, 5) is 0. The van der Waals surface area contributed by atoms with Gasteiger partial charge in [-0.05, 0) is 5.56 Å². The van der Waals surface area contributed by atoms with Crippen LogP contribution in [0.4, 0.5) is 0 Å². The molecular weight excluding hydrogens is 186 g/mol. The maximum Gasteiger partial charge on any atom is 0.217 e. The zero-order chi connectivity index (χ0) is 10.7. The molecule has 0 bridgehead atoms. The van der Waals surface area contributed by atoms with Gasteiger partial charge >= 0.3 is 0 Å². The quantitative estimate of drug-likeness (QED) is 0.551. The molecule has 2 rings (SSSR count). The maximum atomic E-state index is 8.99. The van der Waals surface area contributed by atoms with Crippen molar-refractivity contribution in [3.8, 4) is 17.2 Å². The van der Waals surface area contributed by atoms with Gasteiger partial charge in [0.1, 0.15) is 11.6 Å². The number of hydrogen-bond acceptors (Lipinski definition) is 2. The van der Waals surface area contributed by atoms with E-state index in [0.29, 0.717) is 5.56 Å². The van der Waals surface area contributed by atoms with Gasteiger partial charge in [0.05, 0.1) is 0 Å². The molecule has 2 N–H and O–H groups in total. The monoisotopic (exact) mass is 196 g/mol. The van der Waals surface area contributed by atoms with Gasteiger partial charge in [-0.2, -0.15) is 5.26 Å². The van der Waals surface area contributed by atoms with Crippen LogP contribution in [0.15, 0.2) is 48.8 Å². The average molecular weight is 196 g/mol. The minimum atomic E-state index is 0.575. The molecule has 3 nitrogen and oxygen atoms in total. The Morgan fingerprint density at radius 2 is 1.87 bits per heavy atom. The molecule has 0 aliphatic carbocycles. The molecular formula is C12H10N3+. The van der Waals surface area contributed by atoms with Crippen LogP contribution in [0.5, 0.6) is 0 Å². The van der Waals surface area contributed by atoms with Gasteiger partial charge in [-0.15, -0.1) is 0 Å². The second-order valence-corrected chi connectivity index (χ2v) is 3.20. The number of rotatable bonds is 1. The molecule has 0 unspecified atom stereocenters. The number of pyridine rings is 1. The van der Waals surface area contributed by atoms with Crippen molar-refractivity contribution in [2.45, 2.75) is 0 Å². The molecule has 0 atom stereocenters. The molecule has 0 saturated carbocycles. The lowest BCUT2D eigenvalue weighted by atomic mass is 10.0. The Morgan fingerprint density at radius 1 is 1.13 bits per heavy atom. The third-order valence-electron chi connectivity index (χ3n) is 2.19. The smallest absolute Gasteiger partial charge is 0.205 e. The first-order valence-electron chi connectivity index (χ1n) is 4.57.